The maximum atomic E-state index is 13.0. The Hall–Kier alpha value is -0.910. The molecule has 2 aliphatic rings. The summed E-state index contributed by atoms with van der Waals surface area (Å²) in [7, 11) is 0. The van der Waals surface area contributed by atoms with E-state index in [1.807, 2.05) is 20.8 Å². The number of nitrogens with two attached hydrogens (primary N) is 1. The molecular weight excluding hydrogens is 266 g/mol. The predicted octanol–water partition coefficient (Wildman–Crippen LogP) is 2.76. The topological polar surface area (TPSA) is 55.6 Å². The molecular formula is C14H24F2N2O2. The van der Waals surface area contributed by atoms with E-state index in [1.54, 1.807) is 4.90 Å². The first-order valence-electron chi connectivity index (χ1n) is 7.15. The van der Waals surface area contributed by atoms with E-state index in [0.29, 0.717) is 25.9 Å². The summed E-state index contributed by atoms with van der Waals surface area (Å²) in [6.45, 7) is 6.53. The van der Waals surface area contributed by atoms with Gasteiger partial charge in [0.25, 0.3) is 5.92 Å². The Morgan fingerprint density at radius 1 is 1.25 bits per heavy atom. The summed E-state index contributed by atoms with van der Waals surface area (Å²) in [5.74, 6) is -2.53. The Morgan fingerprint density at radius 2 is 1.75 bits per heavy atom. The molecule has 0 unspecified atom stereocenters. The average Bonchev–Trinajstić information content (AvgIpc) is 2.24. The zero-order valence-corrected chi connectivity index (χ0v) is 12.4. The number of halogens is 2. The van der Waals surface area contributed by atoms with Crippen molar-refractivity contribution in [2.45, 2.75) is 63.5 Å². The van der Waals surface area contributed by atoms with E-state index in [1.165, 1.54) is 0 Å². The SMILES string of the molecule is CC(C)(C)OC(=O)N1CCC(C2(N)CC(F)(F)C2)CC1. The maximum Gasteiger partial charge on any atom is 0.410 e. The second kappa shape index (κ2) is 4.83. The number of alkyl halides is 2. The number of piperidine rings is 1. The number of carbonyl (C=O) groups is 1. The molecule has 0 spiro atoms. The normalized spacial score (nSPS) is 26.0. The van der Waals surface area contributed by atoms with Crippen LogP contribution in [-0.4, -0.2) is 41.1 Å². The van der Waals surface area contributed by atoms with Crippen molar-refractivity contribution in [3.63, 3.8) is 0 Å². The number of amides is 1. The van der Waals surface area contributed by atoms with Crippen LogP contribution in [0.3, 0.4) is 0 Å². The van der Waals surface area contributed by atoms with Crippen molar-refractivity contribution in [3.05, 3.63) is 0 Å². The van der Waals surface area contributed by atoms with Crippen LogP contribution in [0.2, 0.25) is 0 Å². The third-order valence-corrected chi connectivity index (χ3v) is 4.14. The van der Waals surface area contributed by atoms with Gasteiger partial charge >= 0.3 is 6.09 Å². The van der Waals surface area contributed by atoms with Gasteiger partial charge in [0.1, 0.15) is 5.60 Å². The van der Waals surface area contributed by atoms with Crippen LogP contribution in [0.1, 0.15) is 46.5 Å². The lowest BCUT2D eigenvalue weighted by molar-refractivity contribution is -0.144. The molecule has 2 N–H and O–H groups in total. The number of nitrogens with zero attached hydrogens (tertiary/aromatic N) is 1. The van der Waals surface area contributed by atoms with Gasteiger partial charge in [0.05, 0.1) is 0 Å². The molecule has 2 rings (SSSR count). The van der Waals surface area contributed by atoms with E-state index in [4.69, 9.17) is 10.5 Å². The van der Waals surface area contributed by atoms with Crippen LogP contribution in [0, 0.1) is 5.92 Å². The number of likely N-dealkylation sites (tertiary alicyclic amines) is 1. The Balaban J connectivity index is 1.83. The molecule has 1 saturated carbocycles. The monoisotopic (exact) mass is 290 g/mol. The van der Waals surface area contributed by atoms with Crippen LogP contribution in [0.4, 0.5) is 13.6 Å². The smallest absolute Gasteiger partial charge is 0.410 e. The van der Waals surface area contributed by atoms with E-state index < -0.39 is 17.1 Å². The molecule has 1 heterocycles. The minimum atomic E-state index is -2.60. The molecule has 4 nitrogen and oxygen atoms in total. The molecule has 0 aromatic carbocycles. The molecule has 0 radical (unpaired) electrons. The number of hydrogen-bond donors (Lipinski definition) is 1. The zero-order valence-electron chi connectivity index (χ0n) is 12.4. The summed E-state index contributed by atoms with van der Waals surface area (Å²) >= 11 is 0. The molecule has 1 saturated heterocycles. The second-order valence-electron chi connectivity index (χ2n) is 7.18. The molecule has 1 aliphatic carbocycles. The first kappa shape index (κ1) is 15.5. The van der Waals surface area contributed by atoms with Gasteiger partial charge in [0.2, 0.25) is 0 Å². The molecule has 0 atom stereocenters. The fourth-order valence-electron chi connectivity index (χ4n) is 3.16. The molecule has 0 aromatic rings. The highest BCUT2D eigenvalue weighted by atomic mass is 19.3. The fraction of sp³-hybridized carbons (Fsp3) is 0.929. The Morgan fingerprint density at radius 3 is 2.15 bits per heavy atom. The van der Waals surface area contributed by atoms with Gasteiger partial charge in [-0.05, 0) is 39.5 Å². The van der Waals surface area contributed by atoms with E-state index in [-0.39, 0.29) is 24.9 Å². The van der Waals surface area contributed by atoms with Crippen molar-refractivity contribution in [1.82, 2.24) is 4.90 Å². The molecule has 2 fully saturated rings. The quantitative estimate of drug-likeness (QED) is 0.808. The Kier molecular flexibility index (Phi) is 3.73. The maximum absolute atomic E-state index is 13.0. The van der Waals surface area contributed by atoms with Gasteiger partial charge in [-0.1, -0.05) is 0 Å². The lowest BCUT2D eigenvalue weighted by Gasteiger charge is -2.51. The zero-order chi connectivity index (χ0) is 15.2. The van der Waals surface area contributed by atoms with Crippen molar-refractivity contribution in [3.8, 4) is 0 Å². The van der Waals surface area contributed by atoms with Gasteiger partial charge in [0.15, 0.2) is 0 Å². The number of rotatable bonds is 1. The summed E-state index contributed by atoms with van der Waals surface area (Å²) in [5, 5.41) is 0. The van der Waals surface area contributed by atoms with Crippen LogP contribution in [0.5, 0.6) is 0 Å². The van der Waals surface area contributed by atoms with Crippen LogP contribution >= 0.6 is 0 Å². The third-order valence-electron chi connectivity index (χ3n) is 4.14. The van der Waals surface area contributed by atoms with Gasteiger partial charge in [-0.2, -0.15) is 0 Å². The lowest BCUT2D eigenvalue weighted by atomic mass is 9.63. The Labute approximate surface area is 118 Å². The highest BCUT2D eigenvalue weighted by molar-refractivity contribution is 5.68. The minimum Gasteiger partial charge on any atom is -0.444 e. The number of carbonyl (C=O) groups excluding carboxylic acids is 1. The van der Waals surface area contributed by atoms with E-state index in [0.717, 1.165) is 0 Å². The number of ether oxygens (including phenoxy) is 1. The van der Waals surface area contributed by atoms with Crippen molar-refractivity contribution < 1.29 is 18.3 Å². The highest BCUT2D eigenvalue weighted by Gasteiger charge is 2.57. The van der Waals surface area contributed by atoms with Gasteiger partial charge in [-0.25, -0.2) is 13.6 Å². The van der Waals surface area contributed by atoms with E-state index >= 15 is 0 Å². The predicted molar refractivity (Wildman–Crippen MR) is 71.6 cm³/mol. The van der Waals surface area contributed by atoms with Gasteiger partial charge in [-0.15, -0.1) is 0 Å². The van der Waals surface area contributed by atoms with Crippen molar-refractivity contribution >= 4 is 6.09 Å². The van der Waals surface area contributed by atoms with Crippen LogP contribution in [-0.2, 0) is 4.74 Å². The van der Waals surface area contributed by atoms with Gasteiger partial charge in [-0.3, -0.25) is 0 Å². The molecule has 6 heteroatoms. The lowest BCUT2D eigenvalue weighted by Crippen LogP contribution is -2.64. The van der Waals surface area contributed by atoms with Crippen LogP contribution in [0.15, 0.2) is 0 Å². The van der Waals surface area contributed by atoms with Gasteiger partial charge in [0, 0.05) is 31.5 Å². The fourth-order valence-corrected chi connectivity index (χ4v) is 3.16. The standard InChI is InChI=1S/C14H24F2N2O2/c1-12(2,3)20-11(19)18-6-4-10(5-7-18)13(17)8-14(15,16)9-13/h10H,4-9,17H2,1-3H3. The molecule has 20 heavy (non-hydrogen) atoms. The Bertz CT molecular complexity index is 377. The van der Waals surface area contributed by atoms with Crippen molar-refractivity contribution in [1.29, 1.82) is 0 Å². The summed E-state index contributed by atoms with van der Waals surface area (Å²) in [5.41, 5.74) is 4.80. The van der Waals surface area contributed by atoms with Crippen LogP contribution < -0.4 is 5.73 Å². The first-order valence-corrected chi connectivity index (χ1v) is 7.15. The van der Waals surface area contributed by atoms with Gasteiger partial charge < -0.3 is 15.4 Å². The second-order valence-corrected chi connectivity index (χ2v) is 7.18. The first-order chi connectivity index (χ1) is 9.01. The molecule has 1 amide bonds. The summed E-state index contributed by atoms with van der Waals surface area (Å²) in [6.07, 6.45) is 0.562. The van der Waals surface area contributed by atoms with E-state index in [2.05, 4.69) is 0 Å². The molecule has 0 bridgehead atoms. The summed E-state index contributed by atoms with van der Waals surface area (Å²) in [4.78, 5) is 13.5. The molecule has 0 aromatic heterocycles. The van der Waals surface area contributed by atoms with Crippen molar-refractivity contribution in [2.24, 2.45) is 11.7 Å². The largest absolute Gasteiger partial charge is 0.444 e. The highest BCUT2D eigenvalue weighted by Crippen LogP contribution is 2.50. The van der Waals surface area contributed by atoms with Crippen molar-refractivity contribution in [2.75, 3.05) is 13.1 Å². The summed E-state index contributed by atoms with van der Waals surface area (Å²) < 4.78 is 31.3. The molecule has 116 valence electrons. The average molecular weight is 290 g/mol. The summed E-state index contributed by atoms with van der Waals surface area (Å²) in [6, 6.07) is 0. The number of hydrogen-bond acceptors (Lipinski definition) is 3. The van der Waals surface area contributed by atoms with Crippen LogP contribution in [0.25, 0.3) is 0 Å². The third kappa shape index (κ3) is 3.40. The van der Waals surface area contributed by atoms with E-state index in [9.17, 15) is 13.6 Å². The molecule has 1 aliphatic heterocycles. The minimum absolute atomic E-state index is 0.0702.